The molecule has 0 amide bonds. The van der Waals surface area contributed by atoms with Gasteiger partial charge in [-0.1, -0.05) is 43.3 Å². The van der Waals surface area contributed by atoms with E-state index in [0.717, 1.165) is 21.4 Å². The van der Waals surface area contributed by atoms with Gasteiger partial charge in [0.25, 0.3) is 5.56 Å². The molecule has 1 aromatic heterocycles. The highest BCUT2D eigenvalue weighted by Gasteiger charge is 2.18. The predicted molar refractivity (Wildman–Crippen MR) is 106 cm³/mol. The average Bonchev–Trinajstić information content (AvgIpc) is 3.08. The van der Waals surface area contributed by atoms with Gasteiger partial charge in [-0.15, -0.1) is 0 Å². The minimum absolute atomic E-state index is 0.0126. The Morgan fingerprint density at radius 2 is 1.85 bits per heavy atom. The Balaban J connectivity index is 1.95. The van der Waals surface area contributed by atoms with Crippen LogP contribution < -0.4 is 11.2 Å². The van der Waals surface area contributed by atoms with Crippen molar-refractivity contribution in [2.45, 2.75) is 13.3 Å². The summed E-state index contributed by atoms with van der Waals surface area (Å²) in [6.45, 7) is 1.96. The third kappa shape index (κ3) is 2.81. The molecule has 2 heterocycles. The Kier molecular flexibility index (Phi) is 4.08. The summed E-state index contributed by atoms with van der Waals surface area (Å²) in [6.07, 6.45) is 3.87. The molecule has 0 fully saturated rings. The summed E-state index contributed by atoms with van der Waals surface area (Å²) in [6, 6.07) is 14.8. The van der Waals surface area contributed by atoms with Gasteiger partial charge < -0.3 is 5.11 Å². The molecule has 0 saturated carbocycles. The summed E-state index contributed by atoms with van der Waals surface area (Å²) < 4.78 is 1.13. The summed E-state index contributed by atoms with van der Waals surface area (Å²) in [5, 5.41) is 10.8. The zero-order valence-corrected chi connectivity index (χ0v) is 14.6. The van der Waals surface area contributed by atoms with Gasteiger partial charge in [0.1, 0.15) is 5.56 Å². The molecule has 134 valence electrons. The highest BCUT2D eigenvalue weighted by atomic mass is 16.3. The number of para-hydroxylation sites is 2. The molecule has 6 heteroatoms. The van der Waals surface area contributed by atoms with Crippen LogP contribution in [-0.4, -0.2) is 20.9 Å². The van der Waals surface area contributed by atoms with Crippen molar-refractivity contribution < 1.29 is 5.11 Å². The summed E-state index contributed by atoms with van der Waals surface area (Å²) in [5.41, 5.74) is 2.47. The molecule has 4 rings (SSSR count). The third-order valence-corrected chi connectivity index (χ3v) is 4.59. The van der Waals surface area contributed by atoms with Crippen molar-refractivity contribution >= 4 is 23.6 Å². The molecule has 1 aliphatic heterocycles. The number of hydrogen-bond donors (Lipinski definition) is 2. The molecular weight excluding hydrogens is 342 g/mol. The molecular formula is C21H17N3O3. The van der Waals surface area contributed by atoms with Crippen LogP contribution in [0, 0.1) is 0 Å². The smallest absolute Gasteiger partial charge is 0.335 e. The zero-order valence-electron chi connectivity index (χ0n) is 14.6. The lowest BCUT2D eigenvalue weighted by molar-refractivity contribution is 0.429. The minimum atomic E-state index is -0.680. The molecule has 0 aliphatic carbocycles. The second kappa shape index (κ2) is 6.57. The number of aliphatic imine (C=N–C) groups is 1. The van der Waals surface area contributed by atoms with E-state index in [2.05, 4.69) is 9.98 Å². The monoisotopic (exact) mass is 359 g/mol. The molecule has 2 N–H and O–H groups in total. The Hall–Kier alpha value is -3.67. The lowest BCUT2D eigenvalue weighted by Crippen LogP contribution is -2.31. The molecule has 3 aromatic rings. The number of rotatable bonds is 3. The lowest BCUT2D eigenvalue weighted by atomic mass is 10.0. The van der Waals surface area contributed by atoms with E-state index in [4.69, 9.17) is 0 Å². The number of aromatic nitrogens is 2. The van der Waals surface area contributed by atoms with Crippen LogP contribution in [0.5, 0.6) is 5.88 Å². The summed E-state index contributed by atoms with van der Waals surface area (Å²) in [4.78, 5) is 31.4. The highest BCUT2D eigenvalue weighted by Crippen LogP contribution is 2.33. The van der Waals surface area contributed by atoms with Gasteiger partial charge in [0.2, 0.25) is 5.88 Å². The van der Waals surface area contributed by atoms with E-state index >= 15 is 0 Å². The van der Waals surface area contributed by atoms with Crippen LogP contribution in [0.4, 0.5) is 5.69 Å². The van der Waals surface area contributed by atoms with E-state index in [9.17, 15) is 14.7 Å². The van der Waals surface area contributed by atoms with Gasteiger partial charge >= 0.3 is 5.69 Å². The van der Waals surface area contributed by atoms with Gasteiger partial charge in [-0.3, -0.25) is 14.8 Å². The molecule has 0 saturated heterocycles. The summed E-state index contributed by atoms with van der Waals surface area (Å²) in [5.74, 6) is -0.394. The minimum Gasteiger partial charge on any atom is -0.494 e. The van der Waals surface area contributed by atoms with Crippen LogP contribution in [-0.2, 0) is 6.42 Å². The van der Waals surface area contributed by atoms with Gasteiger partial charge in [-0.25, -0.2) is 9.36 Å². The molecule has 27 heavy (non-hydrogen) atoms. The van der Waals surface area contributed by atoms with E-state index in [1.807, 2.05) is 43.3 Å². The van der Waals surface area contributed by atoms with E-state index in [1.165, 1.54) is 0 Å². The van der Waals surface area contributed by atoms with Crippen molar-refractivity contribution in [1.29, 1.82) is 0 Å². The number of aromatic amines is 1. The molecule has 0 bridgehead atoms. The SMILES string of the molecule is CCc1ccccc1-n1c(O)c(C=C2C=Nc3ccccc32)c(=O)[nH]c1=O. The third-order valence-electron chi connectivity index (χ3n) is 4.59. The van der Waals surface area contributed by atoms with Gasteiger partial charge in [0.15, 0.2) is 0 Å². The molecule has 6 nitrogen and oxygen atoms in total. The lowest BCUT2D eigenvalue weighted by Gasteiger charge is -2.13. The summed E-state index contributed by atoms with van der Waals surface area (Å²) in [7, 11) is 0. The molecule has 0 atom stereocenters. The maximum absolute atomic E-state index is 12.4. The topological polar surface area (TPSA) is 87.4 Å². The molecule has 0 spiro atoms. The second-order valence-corrected chi connectivity index (χ2v) is 6.19. The maximum Gasteiger partial charge on any atom is 0.335 e. The first-order valence-electron chi connectivity index (χ1n) is 8.62. The molecule has 0 unspecified atom stereocenters. The van der Waals surface area contributed by atoms with Gasteiger partial charge in [-0.05, 0) is 30.2 Å². The van der Waals surface area contributed by atoms with E-state index in [-0.39, 0.29) is 5.56 Å². The second-order valence-electron chi connectivity index (χ2n) is 6.19. The number of nitrogens with zero attached hydrogens (tertiary/aromatic N) is 2. The highest BCUT2D eigenvalue weighted by molar-refractivity contribution is 6.21. The fourth-order valence-corrected chi connectivity index (χ4v) is 3.23. The molecule has 0 radical (unpaired) electrons. The molecule has 1 aliphatic rings. The zero-order chi connectivity index (χ0) is 19.0. The van der Waals surface area contributed by atoms with Crippen molar-refractivity contribution in [3.8, 4) is 11.6 Å². The van der Waals surface area contributed by atoms with Gasteiger partial charge in [0.05, 0.1) is 11.4 Å². The Bertz CT molecular complexity index is 1220. The first-order valence-corrected chi connectivity index (χ1v) is 8.62. The number of aromatic hydroxyl groups is 1. The standard InChI is InChI=1S/C21H17N3O3/c1-2-13-7-3-6-10-18(13)24-20(26)16(19(25)23-21(24)27)11-14-12-22-17-9-5-4-8-15(14)17/h3-12,26H,2H2,1H3,(H,23,25,27). The number of aryl methyl sites for hydroxylation is 1. The van der Waals surface area contributed by atoms with E-state index < -0.39 is 17.1 Å². The number of allylic oxidation sites excluding steroid dienone is 1. The van der Waals surface area contributed by atoms with Gasteiger partial charge in [-0.2, -0.15) is 0 Å². The van der Waals surface area contributed by atoms with Crippen molar-refractivity contribution in [2.24, 2.45) is 4.99 Å². The quantitative estimate of drug-likeness (QED) is 0.753. The number of H-pyrrole nitrogens is 1. The number of nitrogens with one attached hydrogen (secondary N) is 1. The predicted octanol–water partition coefficient (Wildman–Crippen LogP) is 3.05. The number of fused-ring (bicyclic) bond motifs is 1. The fourth-order valence-electron chi connectivity index (χ4n) is 3.23. The number of hydrogen-bond acceptors (Lipinski definition) is 4. The Labute approximate surface area is 154 Å². The van der Waals surface area contributed by atoms with Crippen LogP contribution in [0.2, 0.25) is 0 Å². The van der Waals surface area contributed by atoms with Crippen LogP contribution >= 0.6 is 0 Å². The molecule has 2 aromatic carbocycles. The van der Waals surface area contributed by atoms with Crippen molar-refractivity contribution in [2.75, 3.05) is 0 Å². The van der Waals surface area contributed by atoms with Crippen LogP contribution in [0.1, 0.15) is 23.6 Å². The Morgan fingerprint density at radius 3 is 2.67 bits per heavy atom. The number of benzene rings is 2. The maximum atomic E-state index is 12.4. The van der Waals surface area contributed by atoms with Crippen LogP contribution in [0.15, 0.2) is 63.1 Å². The Morgan fingerprint density at radius 1 is 1.11 bits per heavy atom. The van der Waals surface area contributed by atoms with E-state index in [0.29, 0.717) is 17.7 Å². The average molecular weight is 359 g/mol. The van der Waals surface area contributed by atoms with Crippen molar-refractivity contribution in [1.82, 2.24) is 9.55 Å². The largest absolute Gasteiger partial charge is 0.494 e. The van der Waals surface area contributed by atoms with Crippen LogP contribution in [0.3, 0.4) is 0 Å². The fraction of sp³-hybridized carbons (Fsp3) is 0.0952. The van der Waals surface area contributed by atoms with Crippen molar-refractivity contribution in [3.63, 3.8) is 0 Å². The van der Waals surface area contributed by atoms with Crippen molar-refractivity contribution in [3.05, 3.63) is 86.1 Å². The first kappa shape index (κ1) is 16.8. The van der Waals surface area contributed by atoms with E-state index in [1.54, 1.807) is 24.4 Å². The first-order chi connectivity index (χ1) is 13.1. The van der Waals surface area contributed by atoms with Gasteiger partial charge in [0, 0.05) is 17.4 Å². The summed E-state index contributed by atoms with van der Waals surface area (Å²) >= 11 is 0. The van der Waals surface area contributed by atoms with Crippen LogP contribution in [0.25, 0.3) is 17.3 Å². The normalized spacial score (nSPS) is 13.9.